The highest BCUT2D eigenvalue weighted by Gasteiger charge is 2.16. The van der Waals surface area contributed by atoms with Gasteiger partial charge in [-0.25, -0.2) is 0 Å². The molecule has 3 rings (SSSR count). The molecule has 1 N–H and O–H groups in total. The van der Waals surface area contributed by atoms with Gasteiger partial charge in [0.25, 0.3) is 5.91 Å². The standard InChI is InChI=1S/C25H19BrCl2N2O3/c1-2-32-22-13-17(12-19(26)24(22)33-15-16-7-4-3-5-8-16)11-18(14-29)25(31)30-23-20(27)9-6-10-21(23)28/h3-13H,2,15H2,1H3,(H,30,31)/b18-11+. The van der Waals surface area contributed by atoms with Crippen molar-refractivity contribution in [3.05, 3.63) is 91.9 Å². The van der Waals surface area contributed by atoms with Crippen molar-refractivity contribution in [2.45, 2.75) is 13.5 Å². The average molecular weight is 546 g/mol. The number of carbonyl (C=O) groups excluding carboxylic acids is 1. The third-order valence-electron chi connectivity index (χ3n) is 4.44. The first-order valence-electron chi connectivity index (χ1n) is 9.93. The molecular formula is C25H19BrCl2N2O3. The van der Waals surface area contributed by atoms with E-state index in [-0.39, 0.29) is 21.3 Å². The van der Waals surface area contributed by atoms with Crippen molar-refractivity contribution in [3.63, 3.8) is 0 Å². The number of carbonyl (C=O) groups is 1. The van der Waals surface area contributed by atoms with Crippen LogP contribution in [0.5, 0.6) is 11.5 Å². The summed E-state index contributed by atoms with van der Waals surface area (Å²) >= 11 is 15.7. The number of amides is 1. The topological polar surface area (TPSA) is 71.3 Å². The zero-order chi connectivity index (χ0) is 23.8. The van der Waals surface area contributed by atoms with Gasteiger partial charge in [0, 0.05) is 0 Å². The summed E-state index contributed by atoms with van der Waals surface area (Å²) in [6.07, 6.45) is 1.45. The largest absolute Gasteiger partial charge is 0.490 e. The molecular weight excluding hydrogens is 527 g/mol. The molecule has 168 valence electrons. The number of benzene rings is 3. The summed E-state index contributed by atoms with van der Waals surface area (Å²) in [5.74, 6) is 0.385. The van der Waals surface area contributed by atoms with E-state index in [1.54, 1.807) is 30.3 Å². The minimum absolute atomic E-state index is 0.127. The first-order valence-corrected chi connectivity index (χ1v) is 11.5. The summed E-state index contributed by atoms with van der Waals surface area (Å²) in [6.45, 7) is 2.63. The number of nitriles is 1. The molecule has 0 bridgehead atoms. The lowest BCUT2D eigenvalue weighted by molar-refractivity contribution is -0.112. The summed E-state index contributed by atoms with van der Waals surface area (Å²) < 4.78 is 12.4. The molecule has 0 saturated carbocycles. The number of hydrogen-bond acceptors (Lipinski definition) is 4. The first kappa shape index (κ1) is 24.7. The summed E-state index contributed by atoms with van der Waals surface area (Å²) in [5.41, 5.74) is 1.71. The van der Waals surface area contributed by atoms with E-state index in [0.717, 1.165) is 5.56 Å². The summed E-state index contributed by atoms with van der Waals surface area (Å²) in [5, 5.41) is 12.7. The van der Waals surface area contributed by atoms with Crippen LogP contribution in [0.25, 0.3) is 6.08 Å². The van der Waals surface area contributed by atoms with E-state index in [1.165, 1.54) is 6.08 Å². The third kappa shape index (κ3) is 6.52. The number of rotatable bonds is 8. The van der Waals surface area contributed by atoms with Gasteiger partial charge in [0.05, 0.1) is 26.8 Å². The highest BCUT2D eigenvalue weighted by molar-refractivity contribution is 9.10. The molecule has 8 heteroatoms. The van der Waals surface area contributed by atoms with Crippen LogP contribution in [0.3, 0.4) is 0 Å². The maximum Gasteiger partial charge on any atom is 0.266 e. The lowest BCUT2D eigenvalue weighted by Crippen LogP contribution is -2.14. The molecule has 3 aromatic carbocycles. The molecule has 0 aliphatic heterocycles. The van der Waals surface area contributed by atoms with Crippen molar-refractivity contribution in [2.75, 3.05) is 11.9 Å². The van der Waals surface area contributed by atoms with Crippen LogP contribution in [-0.4, -0.2) is 12.5 Å². The van der Waals surface area contributed by atoms with E-state index < -0.39 is 5.91 Å². The molecule has 0 aromatic heterocycles. The number of anilines is 1. The van der Waals surface area contributed by atoms with E-state index in [2.05, 4.69) is 21.2 Å². The maximum atomic E-state index is 12.7. The highest BCUT2D eigenvalue weighted by Crippen LogP contribution is 2.38. The zero-order valence-electron chi connectivity index (χ0n) is 17.6. The Morgan fingerprint density at radius 2 is 1.79 bits per heavy atom. The monoisotopic (exact) mass is 544 g/mol. The fraction of sp³-hybridized carbons (Fsp3) is 0.120. The minimum Gasteiger partial charge on any atom is -0.490 e. The quantitative estimate of drug-likeness (QED) is 0.238. The van der Waals surface area contributed by atoms with Gasteiger partial charge in [0.1, 0.15) is 18.2 Å². The Kier molecular flexibility index (Phi) is 8.79. The Hall–Kier alpha value is -2.98. The Morgan fingerprint density at radius 1 is 1.09 bits per heavy atom. The molecule has 3 aromatic rings. The van der Waals surface area contributed by atoms with Crippen LogP contribution in [0.15, 0.2) is 70.7 Å². The predicted octanol–water partition coefficient (Wildman–Crippen LogP) is 7.28. The number of nitrogens with one attached hydrogen (secondary N) is 1. The molecule has 0 saturated heterocycles. The number of hydrogen-bond donors (Lipinski definition) is 1. The van der Waals surface area contributed by atoms with Gasteiger partial charge in [-0.1, -0.05) is 59.6 Å². The zero-order valence-corrected chi connectivity index (χ0v) is 20.7. The Bertz CT molecular complexity index is 1200. The SMILES string of the molecule is CCOc1cc(/C=C(\C#N)C(=O)Nc2c(Cl)cccc2Cl)cc(Br)c1OCc1ccccc1. The lowest BCUT2D eigenvalue weighted by atomic mass is 10.1. The molecule has 0 heterocycles. The van der Waals surface area contributed by atoms with Gasteiger partial charge in [-0.2, -0.15) is 5.26 Å². The minimum atomic E-state index is -0.633. The Labute approximate surface area is 210 Å². The predicted molar refractivity (Wildman–Crippen MR) is 135 cm³/mol. The Balaban J connectivity index is 1.87. The van der Waals surface area contributed by atoms with Gasteiger partial charge in [0.15, 0.2) is 11.5 Å². The normalized spacial score (nSPS) is 10.9. The molecule has 0 fully saturated rings. The first-order chi connectivity index (χ1) is 15.9. The van der Waals surface area contributed by atoms with Gasteiger partial charge in [-0.15, -0.1) is 0 Å². The average Bonchev–Trinajstić information content (AvgIpc) is 2.80. The van der Waals surface area contributed by atoms with Gasteiger partial charge in [0.2, 0.25) is 0 Å². The lowest BCUT2D eigenvalue weighted by Gasteiger charge is -2.15. The second-order valence-corrected chi connectivity index (χ2v) is 8.43. The molecule has 0 atom stereocenters. The van der Waals surface area contributed by atoms with Crippen molar-refractivity contribution < 1.29 is 14.3 Å². The van der Waals surface area contributed by atoms with Crippen LogP contribution >= 0.6 is 39.1 Å². The molecule has 33 heavy (non-hydrogen) atoms. The smallest absolute Gasteiger partial charge is 0.266 e. The summed E-state index contributed by atoms with van der Waals surface area (Å²) in [4.78, 5) is 12.7. The molecule has 0 spiro atoms. The van der Waals surface area contributed by atoms with Crippen molar-refractivity contribution in [3.8, 4) is 17.6 Å². The van der Waals surface area contributed by atoms with E-state index >= 15 is 0 Å². The molecule has 1 amide bonds. The second kappa shape index (κ2) is 11.8. The van der Waals surface area contributed by atoms with Gasteiger partial charge < -0.3 is 14.8 Å². The van der Waals surface area contributed by atoms with Crippen LogP contribution in [-0.2, 0) is 11.4 Å². The second-order valence-electron chi connectivity index (χ2n) is 6.76. The summed E-state index contributed by atoms with van der Waals surface area (Å²) in [7, 11) is 0. The van der Waals surface area contributed by atoms with Crippen LogP contribution in [0.1, 0.15) is 18.1 Å². The number of halogens is 3. The van der Waals surface area contributed by atoms with Crippen LogP contribution in [0.2, 0.25) is 10.0 Å². The Morgan fingerprint density at radius 3 is 2.42 bits per heavy atom. The van der Waals surface area contributed by atoms with Crippen LogP contribution in [0, 0.1) is 11.3 Å². The van der Waals surface area contributed by atoms with E-state index in [4.69, 9.17) is 32.7 Å². The van der Waals surface area contributed by atoms with Gasteiger partial charge >= 0.3 is 0 Å². The fourth-order valence-corrected chi connectivity index (χ4v) is 3.98. The fourth-order valence-electron chi connectivity index (χ4n) is 2.92. The molecule has 5 nitrogen and oxygen atoms in total. The highest BCUT2D eigenvalue weighted by atomic mass is 79.9. The van der Waals surface area contributed by atoms with Crippen molar-refractivity contribution in [1.82, 2.24) is 0 Å². The maximum absolute atomic E-state index is 12.7. The molecule has 0 aliphatic carbocycles. The third-order valence-corrected chi connectivity index (χ3v) is 5.65. The number of nitrogens with zero attached hydrogens (tertiary/aromatic N) is 1. The van der Waals surface area contributed by atoms with Crippen molar-refractivity contribution in [2.24, 2.45) is 0 Å². The van der Waals surface area contributed by atoms with E-state index in [0.29, 0.717) is 34.7 Å². The van der Waals surface area contributed by atoms with Crippen LogP contribution in [0.4, 0.5) is 5.69 Å². The van der Waals surface area contributed by atoms with Gasteiger partial charge in [-0.3, -0.25) is 4.79 Å². The number of para-hydroxylation sites is 1. The molecule has 0 aliphatic rings. The van der Waals surface area contributed by atoms with E-state index in [9.17, 15) is 10.1 Å². The van der Waals surface area contributed by atoms with Crippen LogP contribution < -0.4 is 14.8 Å². The van der Waals surface area contributed by atoms with Gasteiger partial charge in [-0.05, 0) is 64.3 Å². The van der Waals surface area contributed by atoms with Crippen molar-refractivity contribution in [1.29, 1.82) is 5.26 Å². The van der Waals surface area contributed by atoms with E-state index in [1.807, 2.05) is 43.3 Å². The molecule has 0 radical (unpaired) electrons. The van der Waals surface area contributed by atoms with Crippen molar-refractivity contribution >= 4 is 56.8 Å². The summed E-state index contributed by atoms with van der Waals surface area (Å²) in [6, 6.07) is 20.0. The number of ether oxygens (including phenoxy) is 2. The molecule has 0 unspecified atom stereocenters.